The van der Waals surface area contributed by atoms with E-state index in [-0.39, 0.29) is 24.5 Å². The Hall–Kier alpha value is -1.61. The van der Waals surface area contributed by atoms with Crippen LogP contribution >= 0.6 is 0 Å². The zero-order chi connectivity index (χ0) is 14.5. The summed E-state index contributed by atoms with van der Waals surface area (Å²) in [5.74, 6) is 0.264. The minimum atomic E-state index is 0.0390. The number of carbonyl (C=O) groups excluding carboxylic acids is 1. The van der Waals surface area contributed by atoms with E-state index in [4.69, 9.17) is 0 Å². The smallest absolute Gasteiger partial charge is 0.246 e. The number of likely N-dealkylation sites (tertiary alicyclic amines) is 1. The molecule has 108 valence electrons. The molecule has 0 aromatic heterocycles. The van der Waals surface area contributed by atoms with Crippen molar-refractivity contribution in [1.29, 1.82) is 0 Å². The van der Waals surface area contributed by atoms with Crippen molar-refractivity contribution >= 4 is 12.0 Å². The monoisotopic (exact) mass is 273 g/mol. The van der Waals surface area contributed by atoms with Crippen LogP contribution in [-0.4, -0.2) is 35.1 Å². The van der Waals surface area contributed by atoms with Gasteiger partial charge in [0, 0.05) is 25.3 Å². The normalized spacial score (nSPS) is 23.2. The second-order valence-electron chi connectivity index (χ2n) is 5.71. The van der Waals surface area contributed by atoms with E-state index in [0.717, 1.165) is 18.4 Å². The molecule has 1 saturated heterocycles. The Kier molecular flexibility index (Phi) is 4.96. The van der Waals surface area contributed by atoms with Gasteiger partial charge in [-0.2, -0.15) is 0 Å². The highest BCUT2D eigenvalue weighted by Gasteiger charge is 2.27. The standard InChI is InChI=1S/C17H23NO2/c1-13-4-3-5-15(10-13)8-9-17(20)18-11-16(12-19)7-6-14(18)2/h3-5,8-10,14,16,19H,6-7,11-12H2,1-2H3/b9-8+. The van der Waals surface area contributed by atoms with E-state index in [1.165, 1.54) is 5.56 Å². The Morgan fingerprint density at radius 3 is 2.95 bits per heavy atom. The van der Waals surface area contributed by atoms with Crippen molar-refractivity contribution < 1.29 is 9.90 Å². The third-order valence-corrected chi connectivity index (χ3v) is 3.98. The first-order valence-electron chi connectivity index (χ1n) is 7.26. The molecule has 0 spiro atoms. The highest BCUT2D eigenvalue weighted by atomic mass is 16.3. The summed E-state index contributed by atoms with van der Waals surface area (Å²) in [7, 11) is 0. The average molecular weight is 273 g/mol. The summed E-state index contributed by atoms with van der Waals surface area (Å²) in [6.45, 7) is 4.94. The van der Waals surface area contributed by atoms with E-state index in [1.807, 2.05) is 36.1 Å². The number of aryl methyl sites for hydroxylation is 1. The third-order valence-electron chi connectivity index (χ3n) is 3.98. The number of hydrogen-bond acceptors (Lipinski definition) is 2. The summed E-state index contributed by atoms with van der Waals surface area (Å²) in [5, 5.41) is 9.26. The molecular weight excluding hydrogens is 250 g/mol. The Morgan fingerprint density at radius 2 is 2.25 bits per heavy atom. The predicted octanol–water partition coefficient (Wildman–Crippen LogP) is 2.63. The van der Waals surface area contributed by atoms with Gasteiger partial charge in [0.15, 0.2) is 0 Å². The number of hydrogen-bond donors (Lipinski definition) is 1. The molecule has 2 rings (SSSR count). The highest BCUT2D eigenvalue weighted by molar-refractivity contribution is 5.92. The van der Waals surface area contributed by atoms with Crippen molar-refractivity contribution in [2.24, 2.45) is 5.92 Å². The largest absolute Gasteiger partial charge is 0.396 e. The van der Waals surface area contributed by atoms with E-state index < -0.39 is 0 Å². The lowest BCUT2D eigenvalue weighted by molar-refractivity contribution is -0.130. The van der Waals surface area contributed by atoms with Gasteiger partial charge in [-0.1, -0.05) is 29.8 Å². The average Bonchev–Trinajstić information content (AvgIpc) is 2.45. The Labute approximate surface area is 120 Å². The number of amides is 1. The summed E-state index contributed by atoms with van der Waals surface area (Å²) < 4.78 is 0. The molecule has 0 radical (unpaired) electrons. The van der Waals surface area contributed by atoms with Gasteiger partial charge in [0.1, 0.15) is 0 Å². The number of aliphatic hydroxyl groups is 1. The maximum atomic E-state index is 12.3. The summed E-state index contributed by atoms with van der Waals surface area (Å²) >= 11 is 0. The first-order valence-corrected chi connectivity index (χ1v) is 7.26. The van der Waals surface area contributed by atoms with Crippen molar-refractivity contribution in [2.75, 3.05) is 13.2 Å². The van der Waals surface area contributed by atoms with E-state index >= 15 is 0 Å². The molecule has 1 aliphatic heterocycles. The zero-order valence-corrected chi connectivity index (χ0v) is 12.2. The van der Waals surface area contributed by atoms with Crippen molar-refractivity contribution in [3.63, 3.8) is 0 Å². The van der Waals surface area contributed by atoms with Crippen molar-refractivity contribution in [1.82, 2.24) is 4.90 Å². The molecule has 1 amide bonds. The van der Waals surface area contributed by atoms with Crippen LogP contribution in [0.2, 0.25) is 0 Å². The van der Waals surface area contributed by atoms with Gasteiger partial charge in [0.2, 0.25) is 5.91 Å². The number of piperidine rings is 1. The summed E-state index contributed by atoms with van der Waals surface area (Å²) in [5.41, 5.74) is 2.23. The zero-order valence-electron chi connectivity index (χ0n) is 12.2. The number of carbonyl (C=O) groups is 1. The Bertz CT molecular complexity index is 496. The van der Waals surface area contributed by atoms with Crippen LogP contribution in [0.3, 0.4) is 0 Å². The lowest BCUT2D eigenvalue weighted by Gasteiger charge is -2.36. The number of rotatable bonds is 3. The Balaban J connectivity index is 2.03. The molecule has 1 aromatic rings. The van der Waals surface area contributed by atoms with Gasteiger partial charge in [-0.05, 0) is 44.2 Å². The van der Waals surface area contributed by atoms with Crippen LogP contribution in [0.1, 0.15) is 30.9 Å². The van der Waals surface area contributed by atoms with Crippen LogP contribution in [0.25, 0.3) is 6.08 Å². The SMILES string of the molecule is Cc1cccc(/C=C/C(=O)N2CC(CO)CCC2C)c1. The molecule has 2 atom stereocenters. The molecule has 1 aliphatic rings. The van der Waals surface area contributed by atoms with Gasteiger partial charge in [-0.25, -0.2) is 0 Å². The van der Waals surface area contributed by atoms with Crippen LogP contribution in [0, 0.1) is 12.8 Å². The molecule has 0 aliphatic carbocycles. The minimum absolute atomic E-state index is 0.0390. The molecule has 1 fully saturated rings. The molecule has 3 nitrogen and oxygen atoms in total. The summed E-state index contributed by atoms with van der Waals surface area (Å²) in [6.07, 6.45) is 5.48. The quantitative estimate of drug-likeness (QED) is 0.860. The van der Waals surface area contributed by atoms with Crippen LogP contribution in [0.15, 0.2) is 30.3 Å². The molecule has 0 bridgehead atoms. The van der Waals surface area contributed by atoms with E-state index in [0.29, 0.717) is 6.54 Å². The first kappa shape index (κ1) is 14.8. The van der Waals surface area contributed by atoms with Crippen LogP contribution in [-0.2, 0) is 4.79 Å². The lowest BCUT2D eigenvalue weighted by Crippen LogP contribution is -2.45. The van der Waals surface area contributed by atoms with Crippen LogP contribution in [0.5, 0.6) is 0 Å². The van der Waals surface area contributed by atoms with Gasteiger partial charge >= 0.3 is 0 Å². The van der Waals surface area contributed by atoms with Gasteiger partial charge in [0.25, 0.3) is 0 Å². The van der Waals surface area contributed by atoms with Crippen molar-refractivity contribution in [3.8, 4) is 0 Å². The van der Waals surface area contributed by atoms with Crippen molar-refractivity contribution in [3.05, 3.63) is 41.5 Å². The fraction of sp³-hybridized carbons (Fsp3) is 0.471. The topological polar surface area (TPSA) is 40.5 Å². The van der Waals surface area contributed by atoms with Gasteiger partial charge < -0.3 is 10.0 Å². The fourth-order valence-electron chi connectivity index (χ4n) is 2.68. The number of aliphatic hydroxyl groups excluding tert-OH is 1. The maximum absolute atomic E-state index is 12.3. The molecule has 0 saturated carbocycles. The summed E-state index contributed by atoms with van der Waals surface area (Å²) in [6, 6.07) is 8.34. The van der Waals surface area contributed by atoms with Gasteiger partial charge in [0.05, 0.1) is 0 Å². The van der Waals surface area contributed by atoms with Crippen molar-refractivity contribution in [2.45, 2.75) is 32.7 Å². The van der Waals surface area contributed by atoms with Crippen LogP contribution < -0.4 is 0 Å². The second-order valence-corrected chi connectivity index (χ2v) is 5.71. The molecule has 20 heavy (non-hydrogen) atoms. The molecule has 1 N–H and O–H groups in total. The van der Waals surface area contributed by atoms with Gasteiger partial charge in [-0.15, -0.1) is 0 Å². The molecule has 1 heterocycles. The lowest BCUT2D eigenvalue weighted by atomic mass is 9.94. The van der Waals surface area contributed by atoms with E-state index in [9.17, 15) is 9.90 Å². The summed E-state index contributed by atoms with van der Waals surface area (Å²) in [4.78, 5) is 14.2. The minimum Gasteiger partial charge on any atom is -0.396 e. The Morgan fingerprint density at radius 1 is 1.45 bits per heavy atom. The van der Waals surface area contributed by atoms with Crippen LogP contribution in [0.4, 0.5) is 0 Å². The highest BCUT2D eigenvalue weighted by Crippen LogP contribution is 2.22. The number of benzene rings is 1. The third kappa shape index (κ3) is 3.70. The van der Waals surface area contributed by atoms with E-state index in [2.05, 4.69) is 13.0 Å². The number of nitrogens with zero attached hydrogens (tertiary/aromatic N) is 1. The maximum Gasteiger partial charge on any atom is 0.246 e. The van der Waals surface area contributed by atoms with Gasteiger partial charge in [-0.3, -0.25) is 4.79 Å². The second kappa shape index (κ2) is 6.71. The predicted molar refractivity (Wildman–Crippen MR) is 81.2 cm³/mol. The molecule has 1 aromatic carbocycles. The first-order chi connectivity index (χ1) is 9.60. The fourth-order valence-corrected chi connectivity index (χ4v) is 2.68. The molecular formula is C17H23NO2. The molecule has 3 heteroatoms. The van der Waals surface area contributed by atoms with E-state index in [1.54, 1.807) is 6.08 Å². The molecule has 2 unspecified atom stereocenters.